The number of hydrogen-bond acceptors (Lipinski definition) is 2. The monoisotopic (exact) mass is 278 g/mol. The van der Waals surface area contributed by atoms with E-state index in [1.54, 1.807) is 0 Å². The Morgan fingerprint density at radius 1 is 1.10 bits per heavy atom. The molecule has 1 aromatic heterocycles. The van der Waals surface area contributed by atoms with Gasteiger partial charge in [0.25, 0.3) is 0 Å². The predicted molar refractivity (Wildman–Crippen MR) is 84.7 cm³/mol. The lowest BCUT2D eigenvalue weighted by Gasteiger charge is -2.41. The van der Waals surface area contributed by atoms with Gasteiger partial charge in [0.1, 0.15) is 0 Å². The lowest BCUT2D eigenvalue weighted by atomic mass is 9.68. The number of nitrogens with zero attached hydrogens (tertiary/aromatic N) is 1. The molecular weight excluding hydrogens is 256 g/mol. The largest absolute Gasteiger partial charge is 0.321 e. The van der Waals surface area contributed by atoms with Crippen molar-refractivity contribution < 1.29 is 0 Å². The molecule has 0 radical (unpaired) electrons. The molecule has 3 fully saturated rings. The van der Waals surface area contributed by atoms with Crippen LogP contribution in [-0.2, 0) is 5.54 Å². The Morgan fingerprint density at radius 2 is 1.95 bits per heavy atom. The van der Waals surface area contributed by atoms with Crippen molar-refractivity contribution >= 4 is 10.9 Å². The van der Waals surface area contributed by atoms with Crippen LogP contribution in [0.3, 0.4) is 0 Å². The summed E-state index contributed by atoms with van der Waals surface area (Å²) in [4.78, 5) is 4.66. The highest BCUT2D eigenvalue weighted by atomic mass is 14.9. The number of benzene rings is 1. The molecule has 2 N–H and O–H groups in total. The van der Waals surface area contributed by atoms with Crippen molar-refractivity contribution in [2.75, 3.05) is 0 Å². The van der Waals surface area contributed by atoms with E-state index in [0.717, 1.165) is 23.3 Å². The van der Waals surface area contributed by atoms with Crippen LogP contribution in [0.5, 0.6) is 0 Å². The number of aromatic nitrogens is 1. The van der Waals surface area contributed by atoms with Crippen molar-refractivity contribution in [3.8, 4) is 0 Å². The molecule has 108 valence electrons. The summed E-state index contributed by atoms with van der Waals surface area (Å²) in [6.45, 7) is 0. The van der Waals surface area contributed by atoms with Crippen LogP contribution >= 0.6 is 0 Å². The Balaban J connectivity index is 1.66. The van der Waals surface area contributed by atoms with Crippen molar-refractivity contribution in [1.82, 2.24) is 4.98 Å². The molecule has 0 amide bonds. The van der Waals surface area contributed by atoms with Gasteiger partial charge < -0.3 is 5.73 Å². The Morgan fingerprint density at radius 3 is 2.90 bits per heavy atom. The van der Waals surface area contributed by atoms with Gasteiger partial charge in [0.2, 0.25) is 0 Å². The van der Waals surface area contributed by atoms with Crippen LogP contribution in [0.15, 0.2) is 36.5 Å². The van der Waals surface area contributed by atoms with Crippen molar-refractivity contribution in [3.63, 3.8) is 0 Å². The molecule has 3 saturated carbocycles. The van der Waals surface area contributed by atoms with Crippen molar-refractivity contribution in [3.05, 3.63) is 42.1 Å². The summed E-state index contributed by atoms with van der Waals surface area (Å²) in [7, 11) is 0. The van der Waals surface area contributed by atoms with E-state index in [2.05, 4.69) is 29.2 Å². The first-order valence-corrected chi connectivity index (χ1v) is 8.40. The van der Waals surface area contributed by atoms with E-state index in [1.807, 2.05) is 12.3 Å². The third-order valence-electron chi connectivity index (χ3n) is 6.70. The molecule has 5 unspecified atom stereocenters. The van der Waals surface area contributed by atoms with E-state index in [-0.39, 0.29) is 5.54 Å². The topological polar surface area (TPSA) is 38.9 Å². The summed E-state index contributed by atoms with van der Waals surface area (Å²) in [5, 5.41) is 1.23. The van der Waals surface area contributed by atoms with Crippen LogP contribution in [0, 0.1) is 23.7 Å². The van der Waals surface area contributed by atoms with Gasteiger partial charge >= 0.3 is 0 Å². The quantitative estimate of drug-likeness (QED) is 0.860. The predicted octanol–water partition coefficient (Wildman–Crippen LogP) is 3.84. The van der Waals surface area contributed by atoms with Crippen molar-refractivity contribution in [2.24, 2.45) is 29.4 Å². The summed E-state index contributed by atoms with van der Waals surface area (Å²) in [6, 6.07) is 10.7. The molecule has 3 aliphatic rings. The number of nitrogens with two attached hydrogens (primary N) is 1. The molecular formula is C19H22N2. The molecule has 0 aliphatic heterocycles. The third-order valence-corrected chi connectivity index (χ3v) is 6.70. The molecule has 5 atom stereocenters. The highest BCUT2D eigenvalue weighted by Gasteiger charge is 2.60. The van der Waals surface area contributed by atoms with E-state index < -0.39 is 0 Å². The molecule has 1 aromatic carbocycles. The van der Waals surface area contributed by atoms with Gasteiger partial charge in [0.05, 0.1) is 5.52 Å². The first kappa shape index (κ1) is 12.2. The molecule has 0 spiro atoms. The maximum atomic E-state index is 7.05. The number of rotatable bonds is 1. The fraction of sp³-hybridized carbons (Fsp3) is 0.526. The van der Waals surface area contributed by atoms with Gasteiger partial charge in [0.15, 0.2) is 0 Å². The Hall–Kier alpha value is -1.41. The Labute approximate surface area is 125 Å². The van der Waals surface area contributed by atoms with Gasteiger partial charge in [0, 0.05) is 17.1 Å². The summed E-state index contributed by atoms with van der Waals surface area (Å²) in [5.74, 6) is 3.41. The van der Waals surface area contributed by atoms with Gasteiger partial charge in [-0.05, 0) is 61.0 Å². The SMILES string of the molecule is NC1(c2cccc3cccnc23)CC2CC1C1CCCC21. The number of pyridine rings is 1. The van der Waals surface area contributed by atoms with Crippen LogP contribution in [0.1, 0.15) is 37.7 Å². The van der Waals surface area contributed by atoms with Gasteiger partial charge in [-0.2, -0.15) is 0 Å². The highest BCUT2D eigenvalue weighted by molar-refractivity contribution is 5.82. The van der Waals surface area contributed by atoms with Crippen LogP contribution in [0.4, 0.5) is 0 Å². The molecule has 2 bridgehead atoms. The van der Waals surface area contributed by atoms with Crippen LogP contribution < -0.4 is 5.73 Å². The van der Waals surface area contributed by atoms with Crippen LogP contribution in [0.2, 0.25) is 0 Å². The number of fused-ring (bicyclic) bond motifs is 6. The van der Waals surface area contributed by atoms with E-state index in [4.69, 9.17) is 5.73 Å². The first-order valence-electron chi connectivity index (χ1n) is 8.40. The Kier molecular flexibility index (Phi) is 2.36. The fourth-order valence-corrected chi connectivity index (χ4v) is 5.98. The standard InChI is InChI=1S/C19H22N2/c20-19(11-13-10-17(19)15-7-2-6-14(13)15)16-8-1-4-12-5-3-9-21-18(12)16/h1,3-5,8-9,13-15,17H,2,6-7,10-11,20H2. The molecule has 0 saturated heterocycles. The third kappa shape index (κ3) is 1.49. The van der Waals surface area contributed by atoms with E-state index in [9.17, 15) is 0 Å². The van der Waals surface area contributed by atoms with E-state index in [1.165, 1.54) is 43.1 Å². The smallest absolute Gasteiger partial charge is 0.0752 e. The lowest BCUT2D eigenvalue weighted by Crippen LogP contribution is -2.46. The summed E-state index contributed by atoms with van der Waals surface area (Å²) >= 11 is 0. The molecule has 1 heterocycles. The molecule has 2 aromatic rings. The average molecular weight is 278 g/mol. The minimum Gasteiger partial charge on any atom is -0.321 e. The van der Waals surface area contributed by atoms with Crippen molar-refractivity contribution in [1.29, 1.82) is 0 Å². The zero-order chi connectivity index (χ0) is 14.0. The highest BCUT2D eigenvalue weighted by Crippen LogP contribution is 2.64. The molecule has 2 heteroatoms. The normalized spacial score (nSPS) is 40.8. The molecule has 21 heavy (non-hydrogen) atoms. The van der Waals surface area contributed by atoms with Gasteiger partial charge in [-0.1, -0.05) is 30.7 Å². The molecule has 5 rings (SSSR count). The lowest BCUT2D eigenvalue weighted by molar-refractivity contribution is 0.158. The van der Waals surface area contributed by atoms with Crippen LogP contribution in [-0.4, -0.2) is 4.98 Å². The van der Waals surface area contributed by atoms with Gasteiger partial charge in [-0.15, -0.1) is 0 Å². The van der Waals surface area contributed by atoms with Gasteiger partial charge in [-0.25, -0.2) is 0 Å². The number of hydrogen-bond donors (Lipinski definition) is 1. The fourth-order valence-electron chi connectivity index (χ4n) is 5.98. The molecule has 3 aliphatic carbocycles. The van der Waals surface area contributed by atoms with E-state index >= 15 is 0 Å². The first-order chi connectivity index (χ1) is 10.3. The number of para-hydroxylation sites is 1. The van der Waals surface area contributed by atoms with E-state index in [0.29, 0.717) is 5.92 Å². The minimum atomic E-state index is -0.135. The maximum absolute atomic E-state index is 7.05. The second-order valence-corrected chi connectivity index (χ2v) is 7.49. The summed E-state index contributed by atoms with van der Waals surface area (Å²) < 4.78 is 0. The Bertz CT molecular complexity index is 704. The van der Waals surface area contributed by atoms with Crippen molar-refractivity contribution in [2.45, 2.75) is 37.6 Å². The van der Waals surface area contributed by atoms with Gasteiger partial charge in [-0.3, -0.25) is 4.98 Å². The average Bonchev–Trinajstić information content (AvgIpc) is 3.18. The minimum absolute atomic E-state index is 0.135. The van der Waals surface area contributed by atoms with Crippen LogP contribution in [0.25, 0.3) is 10.9 Å². The zero-order valence-electron chi connectivity index (χ0n) is 12.3. The second-order valence-electron chi connectivity index (χ2n) is 7.49. The summed E-state index contributed by atoms with van der Waals surface area (Å²) in [5.41, 5.74) is 9.35. The molecule has 2 nitrogen and oxygen atoms in total. The second kappa shape index (κ2) is 4.07. The summed E-state index contributed by atoms with van der Waals surface area (Å²) in [6.07, 6.45) is 8.72. The zero-order valence-corrected chi connectivity index (χ0v) is 12.3. The maximum Gasteiger partial charge on any atom is 0.0752 e.